The molecule has 0 N–H and O–H groups in total. The zero-order valence-electron chi connectivity index (χ0n) is 9.85. The fourth-order valence-corrected chi connectivity index (χ4v) is 1.84. The molecule has 0 aliphatic carbocycles. The van der Waals surface area contributed by atoms with Crippen molar-refractivity contribution in [2.75, 3.05) is 0 Å². The van der Waals surface area contributed by atoms with Crippen LogP contribution in [-0.4, -0.2) is 24.3 Å². The van der Waals surface area contributed by atoms with Crippen LogP contribution in [0.1, 0.15) is 11.4 Å². The summed E-state index contributed by atoms with van der Waals surface area (Å²) < 4.78 is 3.93. The monoisotopic (exact) mass is 239 g/mol. The first-order valence-corrected chi connectivity index (χ1v) is 5.78. The molecule has 0 saturated heterocycles. The van der Waals surface area contributed by atoms with Gasteiger partial charge in [0, 0.05) is 24.8 Å². The molecule has 0 aromatic carbocycles. The van der Waals surface area contributed by atoms with Crippen LogP contribution in [0.25, 0.3) is 0 Å². The molecule has 5 nitrogen and oxygen atoms in total. The Morgan fingerprint density at radius 2 is 1.67 bits per heavy atom. The fourth-order valence-electron chi connectivity index (χ4n) is 1.84. The van der Waals surface area contributed by atoms with Gasteiger partial charge in [-0.3, -0.25) is 4.68 Å². The summed E-state index contributed by atoms with van der Waals surface area (Å²) in [6.45, 7) is 1.44. The van der Waals surface area contributed by atoms with E-state index in [1.54, 1.807) is 12.5 Å². The van der Waals surface area contributed by atoms with Crippen LogP contribution in [0.15, 0.2) is 55.4 Å². The van der Waals surface area contributed by atoms with Crippen molar-refractivity contribution in [3.63, 3.8) is 0 Å². The van der Waals surface area contributed by atoms with E-state index >= 15 is 0 Å². The lowest BCUT2D eigenvalue weighted by Gasteiger charge is -2.05. The highest BCUT2D eigenvalue weighted by atomic mass is 15.3. The molecule has 0 aliphatic heterocycles. The Balaban J connectivity index is 1.76. The normalized spacial score (nSPS) is 10.7. The second kappa shape index (κ2) is 4.83. The Labute approximate surface area is 105 Å². The van der Waals surface area contributed by atoms with E-state index in [0.29, 0.717) is 6.54 Å². The number of hydrogen-bond acceptors (Lipinski definition) is 3. The smallest absolute Gasteiger partial charge is 0.116 e. The quantitative estimate of drug-likeness (QED) is 0.694. The van der Waals surface area contributed by atoms with Crippen LogP contribution in [0.2, 0.25) is 0 Å². The van der Waals surface area contributed by atoms with E-state index in [-0.39, 0.29) is 0 Å². The van der Waals surface area contributed by atoms with Crippen molar-refractivity contribution < 1.29 is 0 Å². The maximum Gasteiger partial charge on any atom is 0.116 e. The van der Waals surface area contributed by atoms with Crippen molar-refractivity contribution in [2.24, 2.45) is 0 Å². The molecule has 0 saturated carbocycles. The van der Waals surface area contributed by atoms with E-state index in [9.17, 15) is 0 Å². The number of hydrogen-bond donors (Lipinski definition) is 0. The largest absolute Gasteiger partial charge is 0.348 e. The molecule has 0 bridgehead atoms. The van der Waals surface area contributed by atoms with Gasteiger partial charge in [0.05, 0.1) is 24.5 Å². The van der Waals surface area contributed by atoms with E-state index in [1.807, 2.05) is 47.5 Å². The molecule has 0 atom stereocenters. The maximum atomic E-state index is 4.28. The highest BCUT2D eigenvalue weighted by Gasteiger charge is 2.01. The third-order valence-electron chi connectivity index (χ3n) is 2.67. The Morgan fingerprint density at radius 1 is 0.889 bits per heavy atom. The molecule has 0 fully saturated rings. The zero-order chi connectivity index (χ0) is 12.2. The molecular formula is C13H13N5. The SMILES string of the molecule is c1ccn(Cc2cc(Cn3cccn3)ncn2)c1. The van der Waals surface area contributed by atoms with Crippen molar-refractivity contribution >= 4 is 0 Å². The minimum absolute atomic E-state index is 0.675. The minimum atomic E-state index is 0.675. The summed E-state index contributed by atoms with van der Waals surface area (Å²) in [6.07, 6.45) is 9.35. The van der Waals surface area contributed by atoms with Gasteiger partial charge in [-0.15, -0.1) is 0 Å². The average Bonchev–Trinajstić information content (AvgIpc) is 3.03. The fraction of sp³-hybridized carbons (Fsp3) is 0.154. The predicted octanol–water partition coefficient (Wildman–Crippen LogP) is 1.57. The summed E-state index contributed by atoms with van der Waals surface area (Å²) in [4.78, 5) is 8.54. The molecule has 0 amide bonds. The topological polar surface area (TPSA) is 48.5 Å². The summed E-state index contributed by atoms with van der Waals surface area (Å²) in [5.41, 5.74) is 1.97. The van der Waals surface area contributed by atoms with Crippen molar-refractivity contribution in [2.45, 2.75) is 13.1 Å². The van der Waals surface area contributed by atoms with Gasteiger partial charge in [-0.05, 0) is 24.3 Å². The molecule has 0 unspecified atom stereocenters. The molecule has 3 aromatic rings. The molecule has 5 heteroatoms. The highest BCUT2D eigenvalue weighted by Crippen LogP contribution is 2.03. The highest BCUT2D eigenvalue weighted by molar-refractivity contribution is 5.10. The third-order valence-corrected chi connectivity index (χ3v) is 2.67. The molecule has 3 aromatic heterocycles. The molecule has 3 rings (SSSR count). The number of aromatic nitrogens is 5. The molecule has 18 heavy (non-hydrogen) atoms. The van der Waals surface area contributed by atoms with Gasteiger partial charge in [0.15, 0.2) is 0 Å². The molecule has 90 valence electrons. The van der Waals surface area contributed by atoms with Crippen molar-refractivity contribution in [3.05, 3.63) is 66.8 Å². The van der Waals surface area contributed by atoms with Crippen LogP contribution in [0.5, 0.6) is 0 Å². The van der Waals surface area contributed by atoms with E-state index in [0.717, 1.165) is 17.9 Å². The van der Waals surface area contributed by atoms with Crippen molar-refractivity contribution in [1.29, 1.82) is 0 Å². The van der Waals surface area contributed by atoms with E-state index in [2.05, 4.69) is 19.6 Å². The molecular weight excluding hydrogens is 226 g/mol. The second-order valence-electron chi connectivity index (χ2n) is 4.06. The van der Waals surface area contributed by atoms with Crippen LogP contribution in [0.3, 0.4) is 0 Å². The third kappa shape index (κ3) is 2.45. The Morgan fingerprint density at radius 3 is 2.39 bits per heavy atom. The van der Waals surface area contributed by atoms with Crippen molar-refractivity contribution in [1.82, 2.24) is 24.3 Å². The van der Waals surface area contributed by atoms with Crippen LogP contribution in [0, 0.1) is 0 Å². The van der Waals surface area contributed by atoms with Gasteiger partial charge >= 0.3 is 0 Å². The first-order valence-electron chi connectivity index (χ1n) is 5.78. The molecule has 0 aliphatic rings. The number of nitrogens with zero attached hydrogens (tertiary/aromatic N) is 5. The van der Waals surface area contributed by atoms with Crippen molar-refractivity contribution in [3.8, 4) is 0 Å². The van der Waals surface area contributed by atoms with Gasteiger partial charge in [0.25, 0.3) is 0 Å². The lowest BCUT2D eigenvalue weighted by atomic mass is 10.3. The van der Waals surface area contributed by atoms with Gasteiger partial charge in [-0.1, -0.05) is 0 Å². The summed E-state index contributed by atoms with van der Waals surface area (Å²) in [7, 11) is 0. The molecule has 3 heterocycles. The van der Waals surface area contributed by atoms with Gasteiger partial charge in [-0.25, -0.2) is 9.97 Å². The van der Waals surface area contributed by atoms with Crippen LogP contribution in [-0.2, 0) is 13.1 Å². The van der Waals surface area contributed by atoms with Gasteiger partial charge in [0.2, 0.25) is 0 Å². The van der Waals surface area contributed by atoms with E-state index in [1.165, 1.54) is 0 Å². The van der Waals surface area contributed by atoms with Crippen LogP contribution >= 0.6 is 0 Å². The zero-order valence-corrected chi connectivity index (χ0v) is 9.85. The molecule has 0 spiro atoms. The van der Waals surface area contributed by atoms with Crippen LogP contribution < -0.4 is 0 Å². The Kier molecular flexibility index (Phi) is 2.87. The van der Waals surface area contributed by atoms with E-state index < -0.39 is 0 Å². The van der Waals surface area contributed by atoms with Gasteiger partial charge in [0.1, 0.15) is 6.33 Å². The summed E-state index contributed by atoms with van der Waals surface area (Å²) in [6, 6.07) is 7.93. The number of rotatable bonds is 4. The molecule has 0 radical (unpaired) electrons. The summed E-state index contributed by atoms with van der Waals surface area (Å²) in [5, 5.41) is 4.17. The maximum absolute atomic E-state index is 4.28. The minimum Gasteiger partial charge on any atom is -0.348 e. The van der Waals surface area contributed by atoms with Crippen LogP contribution in [0.4, 0.5) is 0 Å². The average molecular weight is 239 g/mol. The summed E-state index contributed by atoms with van der Waals surface area (Å²) >= 11 is 0. The Hall–Kier alpha value is -2.43. The van der Waals surface area contributed by atoms with Gasteiger partial charge in [-0.2, -0.15) is 5.10 Å². The first-order chi connectivity index (χ1) is 8.90. The second-order valence-corrected chi connectivity index (χ2v) is 4.06. The van der Waals surface area contributed by atoms with Gasteiger partial charge < -0.3 is 4.57 Å². The predicted molar refractivity (Wildman–Crippen MR) is 66.9 cm³/mol. The first kappa shape index (κ1) is 10.7. The lowest BCUT2D eigenvalue weighted by Crippen LogP contribution is -2.05. The standard InChI is InChI=1S/C13H13N5/c1-2-6-17(5-1)9-12-8-13(15-11-14-12)10-18-7-3-4-16-18/h1-8,11H,9-10H2. The lowest BCUT2D eigenvalue weighted by molar-refractivity contribution is 0.665. The summed E-state index contributed by atoms with van der Waals surface area (Å²) in [5.74, 6) is 0. The van der Waals surface area contributed by atoms with E-state index in [4.69, 9.17) is 0 Å². The Bertz CT molecular complexity index is 547.